The summed E-state index contributed by atoms with van der Waals surface area (Å²) in [5.74, 6) is 0.884. The first-order chi connectivity index (χ1) is 15.5. The molecule has 1 fully saturated rings. The molecule has 2 aromatic carbocycles. The minimum Gasteiger partial charge on any atom is -0.497 e. The van der Waals surface area contributed by atoms with Gasteiger partial charge in [-0.15, -0.1) is 0 Å². The molecule has 0 unspecified atom stereocenters. The molecular formula is C27H32N4O. The van der Waals surface area contributed by atoms with Gasteiger partial charge in [-0.25, -0.2) is 0 Å². The molecule has 5 rings (SSSR count). The number of aromatic nitrogens is 1. The second kappa shape index (κ2) is 8.57. The second-order valence-electron chi connectivity index (χ2n) is 9.45. The number of rotatable bonds is 5. The molecule has 2 aliphatic rings. The molecule has 3 heterocycles. The molecule has 0 saturated carbocycles. The van der Waals surface area contributed by atoms with E-state index in [-0.39, 0.29) is 5.41 Å². The summed E-state index contributed by atoms with van der Waals surface area (Å²) in [6.07, 6.45) is 3.76. The van der Waals surface area contributed by atoms with Gasteiger partial charge >= 0.3 is 0 Å². The Morgan fingerprint density at radius 1 is 0.812 bits per heavy atom. The molecule has 0 radical (unpaired) electrons. The van der Waals surface area contributed by atoms with E-state index in [0.717, 1.165) is 50.7 Å². The number of fused-ring (bicyclic) bond motifs is 2. The van der Waals surface area contributed by atoms with Crippen molar-refractivity contribution < 1.29 is 4.74 Å². The molecule has 32 heavy (non-hydrogen) atoms. The van der Waals surface area contributed by atoms with E-state index in [0.29, 0.717) is 0 Å². The zero-order valence-corrected chi connectivity index (χ0v) is 19.3. The van der Waals surface area contributed by atoms with Crippen LogP contribution in [0.4, 0.5) is 11.4 Å². The van der Waals surface area contributed by atoms with Crippen LogP contribution in [0.15, 0.2) is 60.9 Å². The normalized spacial score (nSPS) is 17.8. The minimum atomic E-state index is -0.0541. The molecule has 0 bridgehead atoms. The highest BCUT2D eigenvalue weighted by molar-refractivity contribution is 5.76. The van der Waals surface area contributed by atoms with Gasteiger partial charge < -0.3 is 10.1 Å². The van der Waals surface area contributed by atoms with Crippen LogP contribution in [0, 0.1) is 0 Å². The number of ether oxygens (including phenoxy) is 1. The Hall–Kier alpha value is -2.89. The van der Waals surface area contributed by atoms with E-state index < -0.39 is 0 Å². The summed E-state index contributed by atoms with van der Waals surface area (Å²) in [6, 6.07) is 17.5. The van der Waals surface area contributed by atoms with Crippen LogP contribution in [-0.2, 0) is 18.5 Å². The molecule has 0 amide bonds. The van der Waals surface area contributed by atoms with E-state index in [4.69, 9.17) is 4.74 Å². The highest BCUT2D eigenvalue weighted by atomic mass is 16.5. The summed E-state index contributed by atoms with van der Waals surface area (Å²) < 4.78 is 5.43. The third-order valence-electron chi connectivity index (χ3n) is 6.95. The Morgan fingerprint density at radius 3 is 2.19 bits per heavy atom. The maximum Gasteiger partial charge on any atom is 0.120 e. The van der Waals surface area contributed by atoms with Crippen molar-refractivity contribution in [3.63, 3.8) is 0 Å². The molecule has 166 valence electrons. The number of piperazine rings is 1. The van der Waals surface area contributed by atoms with Crippen molar-refractivity contribution in [3.8, 4) is 5.75 Å². The van der Waals surface area contributed by atoms with Gasteiger partial charge in [-0.2, -0.15) is 0 Å². The van der Waals surface area contributed by atoms with Crippen LogP contribution < -0.4 is 10.1 Å². The number of pyridine rings is 1. The van der Waals surface area contributed by atoms with Crippen LogP contribution in [0.2, 0.25) is 0 Å². The molecule has 5 nitrogen and oxygen atoms in total. The predicted molar refractivity (Wildman–Crippen MR) is 130 cm³/mol. The Balaban J connectivity index is 1.26. The molecule has 1 N–H and O–H groups in total. The van der Waals surface area contributed by atoms with Gasteiger partial charge in [0.2, 0.25) is 0 Å². The Kier molecular flexibility index (Phi) is 5.62. The van der Waals surface area contributed by atoms with Crippen molar-refractivity contribution in [2.24, 2.45) is 0 Å². The number of hydrogen-bond acceptors (Lipinski definition) is 5. The van der Waals surface area contributed by atoms with Gasteiger partial charge in [0.05, 0.1) is 7.11 Å². The van der Waals surface area contributed by atoms with E-state index >= 15 is 0 Å². The highest BCUT2D eigenvalue weighted by Crippen LogP contribution is 2.46. The lowest BCUT2D eigenvalue weighted by Gasteiger charge is -2.37. The fraction of sp³-hybridized carbons (Fsp3) is 0.370. The van der Waals surface area contributed by atoms with E-state index in [1.54, 1.807) is 7.11 Å². The zero-order valence-electron chi connectivity index (χ0n) is 19.3. The van der Waals surface area contributed by atoms with Crippen LogP contribution in [-0.4, -0.2) is 48.1 Å². The van der Waals surface area contributed by atoms with Gasteiger partial charge in [0.1, 0.15) is 5.75 Å². The second-order valence-corrected chi connectivity index (χ2v) is 9.45. The molecule has 0 aliphatic carbocycles. The summed E-state index contributed by atoms with van der Waals surface area (Å²) in [5, 5.41) is 3.63. The molecule has 2 aliphatic heterocycles. The van der Waals surface area contributed by atoms with Gasteiger partial charge in [-0.05, 0) is 46.5 Å². The van der Waals surface area contributed by atoms with Crippen molar-refractivity contribution in [2.75, 3.05) is 38.6 Å². The fourth-order valence-corrected chi connectivity index (χ4v) is 5.01. The van der Waals surface area contributed by atoms with Crippen molar-refractivity contribution >= 4 is 11.4 Å². The number of nitrogens with zero attached hydrogens (tertiary/aromatic N) is 3. The van der Waals surface area contributed by atoms with E-state index in [1.807, 2.05) is 12.4 Å². The van der Waals surface area contributed by atoms with Gasteiger partial charge in [0.25, 0.3) is 0 Å². The van der Waals surface area contributed by atoms with Crippen LogP contribution in [0.1, 0.15) is 36.1 Å². The summed E-state index contributed by atoms with van der Waals surface area (Å²) in [6.45, 7) is 11.1. The standard InChI is InChI=1S/C27H32N4O/c1-27(2)23-6-5-22(32-3)17-26(23)29-25-7-4-21(16-24(25)27)19-31-14-12-30(13-15-31)18-20-8-10-28-11-9-20/h4-11,16-17,29H,12-15,18-19H2,1-3H3. The number of nitrogens with one attached hydrogen (secondary N) is 1. The van der Waals surface area contributed by atoms with E-state index in [1.165, 1.54) is 27.9 Å². The molecular weight excluding hydrogens is 396 g/mol. The Bertz CT molecular complexity index is 1090. The highest BCUT2D eigenvalue weighted by Gasteiger charge is 2.33. The SMILES string of the molecule is COc1ccc2c(c1)Nc1ccc(CN3CCN(Cc4ccncc4)CC3)cc1C2(C)C. The maximum atomic E-state index is 5.43. The fourth-order valence-electron chi connectivity index (χ4n) is 5.01. The van der Waals surface area contributed by atoms with Crippen molar-refractivity contribution in [1.29, 1.82) is 0 Å². The van der Waals surface area contributed by atoms with Crippen LogP contribution >= 0.6 is 0 Å². The van der Waals surface area contributed by atoms with Crippen molar-refractivity contribution in [3.05, 3.63) is 83.2 Å². The monoisotopic (exact) mass is 428 g/mol. The Morgan fingerprint density at radius 2 is 1.50 bits per heavy atom. The number of methoxy groups -OCH3 is 1. The largest absolute Gasteiger partial charge is 0.497 e. The minimum absolute atomic E-state index is 0.0541. The summed E-state index contributed by atoms with van der Waals surface area (Å²) >= 11 is 0. The smallest absolute Gasteiger partial charge is 0.120 e. The summed E-state index contributed by atoms with van der Waals surface area (Å²) in [7, 11) is 1.72. The first-order valence-electron chi connectivity index (χ1n) is 11.5. The summed E-state index contributed by atoms with van der Waals surface area (Å²) in [5.41, 5.74) is 7.69. The molecule has 0 atom stereocenters. The zero-order chi connectivity index (χ0) is 22.1. The molecule has 3 aromatic rings. The first kappa shape index (κ1) is 21.0. The topological polar surface area (TPSA) is 40.6 Å². The van der Waals surface area contributed by atoms with Gasteiger partial charge in [0, 0.05) is 74.5 Å². The molecule has 1 saturated heterocycles. The lowest BCUT2D eigenvalue weighted by molar-refractivity contribution is 0.122. The van der Waals surface area contributed by atoms with Gasteiger partial charge in [-0.3, -0.25) is 14.8 Å². The molecule has 0 spiro atoms. The number of anilines is 2. The molecule has 5 heteroatoms. The maximum absolute atomic E-state index is 5.43. The summed E-state index contributed by atoms with van der Waals surface area (Å²) in [4.78, 5) is 9.24. The number of hydrogen-bond donors (Lipinski definition) is 1. The van der Waals surface area contributed by atoms with Crippen molar-refractivity contribution in [2.45, 2.75) is 32.4 Å². The van der Waals surface area contributed by atoms with Crippen LogP contribution in [0.25, 0.3) is 0 Å². The van der Waals surface area contributed by atoms with Crippen molar-refractivity contribution in [1.82, 2.24) is 14.8 Å². The first-order valence-corrected chi connectivity index (χ1v) is 11.5. The molecule has 1 aromatic heterocycles. The van der Waals surface area contributed by atoms with Crippen LogP contribution in [0.5, 0.6) is 5.75 Å². The van der Waals surface area contributed by atoms with Crippen LogP contribution in [0.3, 0.4) is 0 Å². The average molecular weight is 429 g/mol. The van der Waals surface area contributed by atoms with Gasteiger partial charge in [-0.1, -0.05) is 32.0 Å². The van der Waals surface area contributed by atoms with Gasteiger partial charge in [0.15, 0.2) is 0 Å². The quantitative estimate of drug-likeness (QED) is 0.633. The third kappa shape index (κ3) is 4.10. The number of benzene rings is 2. The third-order valence-corrected chi connectivity index (χ3v) is 6.95. The lowest BCUT2D eigenvalue weighted by atomic mass is 9.74. The lowest BCUT2D eigenvalue weighted by Crippen LogP contribution is -2.45. The predicted octanol–water partition coefficient (Wildman–Crippen LogP) is 4.79. The van der Waals surface area contributed by atoms with E-state index in [2.05, 4.69) is 82.5 Å². The Labute approximate surface area is 191 Å². The van der Waals surface area contributed by atoms with E-state index in [9.17, 15) is 0 Å². The average Bonchev–Trinajstić information content (AvgIpc) is 2.81.